The molecule has 1 aromatic carbocycles. The van der Waals surface area contributed by atoms with Crippen molar-refractivity contribution in [3.63, 3.8) is 0 Å². The SMILES string of the molecule is CC(C)(C)OC(=O)N1CCCC(c2cc(F)cc(Br)c2)C1. The third kappa shape index (κ3) is 4.70. The molecule has 0 radical (unpaired) electrons. The molecule has 1 aliphatic rings. The number of benzene rings is 1. The van der Waals surface area contributed by atoms with Crippen LogP contribution in [0.5, 0.6) is 0 Å². The van der Waals surface area contributed by atoms with Crippen molar-refractivity contribution in [2.45, 2.75) is 45.1 Å². The Bertz CT molecular complexity index is 507. The zero-order valence-corrected chi connectivity index (χ0v) is 14.2. The third-order valence-corrected chi connectivity index (χ3v) is 3.89. The predicted molar refractivity (Wildman–Crippen MR) is 83.9 cm³/mol. The summed E-state index contributed by atoms with van der Waals surface area (Å²) >= 11 is 3.32. The van der Waals surface area contributed by atoms with Crippen molar-refractivity contribution in [3.05, 3.63) is 34.1 Å². The van der Waals surface area contributed by atoms with E-state index in [0.29, 0.717) is 13.1 Å². The van der Waals surface area contributed by atoms with E-state index in [1.165, 1.54) is 6.07 Å². The summed E-state index contributed by atoms with van der Waals surface area (Å²) in [5.41, 5.74) is 0.432. The van der Waals surface area contributed by atoms with Crippen molar-refractivity contribution < 1.29 is 13.9 Å². The Morgan fingerprint density at radius 2 is 2.10 bits per heavy atom. The second kappa shape index (κ2) is 6.34. The van der Waals surface area contributed by atoms with E-state index in [0.717, 1.165) is 22.9 Å². The van der Waals surface area contributed by atoms with Crippen LogP contribution in [-0.2, 0) is 4.74 Å². The molecule has 3 nitrogen and oxygen atoms in total. The fourth-order valence-corrected chi connectivity index (χ4v) is 3.04. The van der Waals surface area contributed by atoms with Gasteiger partial charge >= 0.3 is 6.09 Å². The standard InChI is InChI=1S/C16H21BrFNO2/c1-16(2,3)21-15(20)19-6-4-5-11(10-19)12-7-13(17)9-14(18)8-12/h7-9,11H,4-6,10H2,1-3H3. The number of carbonyl (C=O) groups excluding carboxylic acids is 1. The van der Waals surface area contributed by atoms with Gasteiger partial charge < -0.3 is 9.64 Å². The van der Waals surface area contributed by atoms with Crippen LogP contribution in [0.4, 0.5) is 9.18 Å². The lowest BCUT2D eigenvalue weighted by Crippen LogP contribution is -2.42. The molecule has 1 saturated heterocycles. The van der Waals surface area contributed by atoms with Gasteiger partial charge in [0.25, 0.3) is 0 Å². The lowest BCUT2D eigenvalue weighted by molar-refractivity contribution is 0.0198. The van der Waals surface area contributed by atoms with Crippen LogP contribution < -0.4 is 0 Å². The number of rotatable bonds is 1. The summed E-state index contributed by atoms with van der Waals surface area (Å²) < 4.78 is 19.7. The Morgan fingerprint density at radius 3 is 2.71 bits per heavy atom. The zero-order chi connectivity index (χ0) is 15.6. The first-order chi connectivity index (χ1) is 9.74. The number of hydrogen-bond acceptors (Lipinski definition) is 2. The number of carbonyl (C=O) groups is 1. The van der Waals surface area contributed by atoms with Crippen LogP contribution in [0, 0.1) is 5.82 Å². The molecule has 1 fully saturated rings. The van der Waals surface area contributed by atoms with Gasteiger partial charge in [-0.3, -0.25) is 0 Å². The highest BCUT2D eigenvalue weighted by Crippen LogP contribution is 2.30. The van der Waals surface area contributed by atoms with E-state index in [9.17, 15) is 9.18 Å². The lowest BCUT2D eigenvalue weighted by Gasteiger charge is -2.34. The van der Waals surface area contributed by atoms with Crippen molar-refractivity contribution in [1.82, 2.24) is 4.90 Å². The van der Waals surface area contributed by atoms with Gasteiger partial charge in [-0.05, 0) is 57.4 Å². The zero-order valence-electron chi connectivity index (χ0n) is 12.7. The molecule has 1 aromatic rings. The van der Waals surface area contributed by atoms with Gasteiger partial charge in [0.1, 0.15) is 11.4 Å². The number of ether oxygens (including phenoxy) is 1. The van der Waals surface area contributed by atoms with Crippen molar-refractivity contribution in [3.8, 4) is 0 Å². The number of nitrogens with zero attached hydrogens (tertiary/aromatic N) is 1. The van der Waals surface area contributed by atoms with Gasteiger partial charge in [0.05, 0.1) is 0 Å². The average Bonchev–Trinajstić information content (AvgIpc) is 2.36. The molecule has 0 bridgehead atoms. The molecular formula is C16H21BrFNO2. The van der Waals surface area contributed by atoms with Gasteiger partial charge in [0.2, 0.25) is 0 Å². The summed E-state index contributed by atoms with van der Waals surface area (Å²) in [5, 5.41) is 0. The van der Waals surface area contributed by atoms with Crippen LogP contribution in [0.25, 0.3) is 0 Å². The molecule has 0 aliphatic carbocycles. The molecule has 1 atom stereocenters. The minimum atomic E-state index is -0.494. The lowest BCUT2D eigenvalue weighted by atomic mass is 9.91. The van der Waals surface area contributed by atoms with Gasteiger partial charge in [-0.15, -0.1) is 0 Å². The molecule has 1 unspecified atom stereocenters. The average molecular weight is 358 g/mol. The maximum Gasteiger partial charge on any atom is 0.410 e. The van der Waals surface area contributed by atoms with Crippen molar-refractivity contribution in [2.75, 3.05) is 13.1 Å². The summed E-state index contributed by atoms with van der Waals surface area (Å²) in [6.07, 6.45) is 1.57. The first-order valence-electron chi connectivity index (χ1n) is 7.18. The number of likely N-dealkylation sites (tertiary alicyclic amines) is 1. The van der Waals surface area contributed by atoms with E-state index in [1.54, 1.807) is 11.0 Å². The Morgan fingerprint density at radius 1 is 1.38 bits per heavy atom. The molecule has 0 aromatic heterocycles. The van der Waals surface area contributed by atoms with Crippen LogP contribution >= 0.6 is 15.9 Å². The van der Waals surface area contributed by atoms with Gasteiger partial charge in [-0.2, -0.15) is 0 Å². The highest BCUT2D eigenvalue weighted by molar-refractivity contribution is 9.10. The number of piperidine rings is 1. The van der Waals surface area contributed by atoms with E-state index in [2.05, 4.69) is 15.9 Å². The number of halogens is 2. The molecular weight excluding hydrogens is 337 g/mol. The monoisotopic (exact) mass is 357 g/mol. The fourth-order valence-electron chi connectivity index (χ4n) is 2.55. The molecule has 0 N–H and O–H groups in total. The molecule has 2 rings (SSSR count). The maximum absolute atomic E-state index is 13.5. The van der Waals surface area contributed by atoms with Crippen molar-refractivity contribution in [1.29, 1.82) is 0 Å². The van der Waals surface area contributed by atoms with Gasteiger partial charge in [0.15, 0.2) is 0 Å². The molecule has 0 spiro atoms. The Hall–Kier alpha value is -1.10. The molecule has 1 heterocycles. The van der Waals surface area contributed by atoms with E-state index < -0.39 is 5.60 Å². The van der Waals surface area contributed by atoms with E-state index in [1.807, 2.05) is 26.8 Å². The summed E-state index contributed by atoms with van der Waals surface area (Å²) in [5.74, 6) is -0.105. The van der Waals surface area contributed by atoms with Crippen LogP contribution in [0.1, 0.15) is 45.1 Å². The molecule has 1 aliphatic heterocycles. The molecule has 5 heteroatoms. The quantitative estimate of drug-likeness (QED) is 0.728. The minimum absolute atomic E-state index is 0.151. The third-order valence-electron chi connectivity index (χ3n) is 3.43. The van der Waals surface area contributed by atoms with E-state index >= 15 is 0 Å². The maximum atomic E-state index is 13.5. The highest BCUT2D eigenvalue weighted by Gasteiger charge is 2.28. The Kier molecular flexibility index (Phi) is 4.91. The van der Waals surface area contributed by atoms with Crippen LogP contribution in [-0.4, -0.2) is 29.7 Å². The van der Waals surface area contributed by atoms with Crippen LogP contribution in [0.3, 0.4) is 0 Å². The molecule has 0 saturated carbocycles. The normalized spacial score (nSPS) is 19.5. The number of hydrogen-bond donors (Lipinski definition) is 0. The summed E-state index contributed by atoms with van der Waals surface area (Å²) in [6.45, 7) is 6.84. The second-order valence-corrected chi connectivity index (χ2v) is 7.38. The van der Waals surface area contributed by atoms with Crippen LogP contribution in [0.15, 0.2) is 22.7 Å². The fraction of sp³-hybridized carbons (Fsp3) is 0.562. The number of amides is 1. The first kappa shape index (κ1) is 16.3. The van der Waals surface area contributed by atoms with Gasteiger partial charge in [-0.1, -0.05) is 15.9 Å². The summed E-state index contributed by atoms with van der Waals surface area (Å²) in [4.78, 5) is 13.9. The second-order valence-electron chi connectivity index (χ2n) is 6.47. The van der Waals surface area contributed by atoms with Gasteiger partial charge in [0, 0.05) is 23.5 Å². The Labute approximate surface area is 133 Å². The smallest absolute Gasteiger partial charge is 0.410 e. The largest absolute Gasteiger partial charge is 0.444 e. The van der Waals surface area contributed by atoms with Gasteiger partial charge in [-0.25, -0.2) is 9.18 Å². The predicted octanol–water partition coefficient (Wildman–Crippen LogP) is 4.70. The molecule has 116 valence electrons. The van der Waals surface area contributed by atoms with E-state index in [-0.39, 0.29) is 17.8 Å². The summed E-state index contributed by atoms with van der Waals surface area (Å²) in [7, 11) is 0. The van der Waals surface area contributed by atoms with Crippen LogP contribution in [0.2, 0.25) is 0 Å². The summed E-state index contributed by atoms with van der Waals surface area (Å²) in [6, 6.07) is 4.91. The first-order valence-corrected chi connectivity index (χ1v) is 7.98. The van der Waals surface area contributed by atoms with Crippen molar-refractivity contribution in [2.24, 2.45) is 0 Å². The highest BCUT2D eigenvalue weighted by atomic mass is 79.9. The molecule has 1 amide bonds. The topological polar surface area (TPSA) is 29.5 Å². The molecule has 21 heavy (non-hydrogen) atoms. The van der Waals surface area contributed by atoms with Crippen molar-refractivity contribution >= 4 is 22.0 Å². The Balaban J connectivity index is 2.08. The van der Waals surface area contributed by atoms with E-state index in [4.69, 9.17) is 4.74 Å². The minimum Gasteiger partial charge on any atom is -0.444 e.